The van der Waals surface area contributed by atoms with Crippen LogP contribution in [-0.4, -0.2) is 41.9 Å². The number of aliphatic imine (C=N–C) groups is 1. The number of carbonyl (C=O) groups is 1. The predicted octanol–water partition coefficient (Wildman–Crippen LogP) is 3.60. The lowest BCUT2D eigenvalue weighted by Crippen LogP contribution is -2.45. The molecule has 0 bridgehead atoms. The molecule has 0 aromatic rings. The van der Waals surface area contributed by atoms with Gasteiger partial charge in [-0.15, -0.1) is 6.58 Å². The van der Waals surface area contributed by atoms with Gasteiger partial charge in [0.2, 0.25) is 0 Å². The molecule has 5 nitrogen and oxygen atoms in total. The normalized spacial score (nSPS) is 32.6. The topological polar surface area (TPSA) is 70.7 Å². The molecule has 0 radical (unpaired) electrons. The quantitative estimate of drug-likeness (QED) is 0.638. The Labute approximate surface area is 164 Å². The molecule has 5 heteroatoms. The first-order chi connectivity index (χ1) is 13.0. The Bertz CT molecular complexity index is 555. The van der Waals surface area contributed by atoms with Gasteiger partial charge in [0.25, 0.3) is 5.91 Å². The summed E-state index contributed by atoms with van der Waals surface area (Å²) in [5, 5.41) is 3.58. The lowest BCUT2D eigenvalue weighted by atomic mass is 9.74. The molecule has 27 heavy (non-hydrogen) atoms. The highest BCUT2D eigenvalue weighted by Gasteiger charge is 2.47. The van der Waals surface area contributed by atoms with Gasteiger partial charge in [-0.3, -0.25) is 9.69 Å². The lowest BCUT2D eigenvalue weighted by molar-refractivity contribution is -0.131. The van der Waals surface area contributed by atoms with Crippen LogP contribution in [0.3, 0.4) is 0 Å². The zero-order valence-corrected chi connectivity index (χ0v) is 17.1. The maximum Gasteiger partial charge on any atom is 0.257 e. The number of hydrogen-bond acceptors (Lipinski definition) is 4. The van der Waals surface area contributed by atoms with Gasteiger partial charge in [0.1, 0.15) is 5.54 Å². The van der Waals surface area contributed by atoms with Gasteiger partial charge in [-0.25, -0.2) is 4.99 Å². The van der Waals surface area contributed by atoms with Crippen molar-refractivity contribution in [3.63, 3.8) is 0 Å². The summed E-state index contributed by atoms with van der Waals surface area (Å²) in [7, 11) is 1.78. The van der Waals surface area contributed by atoms with E-state index >= 15 is 0 Å². The predicted molar refractivity (Wildman–Crippen MR) is 111 cm³/mol. The third kappa shape index (κ3) is 4.92. The van der Waals surface area contributed by atoms with Crippen molar-refractivity contribution in [2.75, 3.05) is 13.6 Å². The van der Waals surface area contributed by atoms with E-state index in [-0.39, 0.29) is 5.91 Å². The molecule has 0 unspecified atom stereocenters. The maximum atomic E-state index is 13.1. The molecule has 3 rings (SSSR count). The summed E-state index contributed by atoms with van der Waals surface area (Å²) in [4.78, 5) is 19.5. The molecule has 1 amide bonds. The van der Waals surface area contributed by atoms with E-state index < -0.39 is 5.54 Å². The van der Waals surface area contributed by atoms with Gasteiger partial charge in [-0.05, 0) is 43.9 Å². The van der Waals surface area contributed by atoms with Crippen molar-refractivity contribution in [2.24, 2.45) is 22.6 Å². The number of carbonyl (C=O) groups excluding carboxylic acids is 1. The van der Waals surface area contributed by atoms with Gasteiger partial charge in [-0.2, -0.15) is 0 Å². The zero-order chi connectivity index (χ0) is 19.3. The Morgan fingerprint density at radius 2 is 1.96 bits per heavy atom. The molecule has 2 aliphatic carbocycles. The van der Waals surface area contributed by atoms with Crippen molar-refractivity contribution in [2.45, 2.75) is 88.6 Å². The summed E-state index contributed by atoms with van der Waals surface area (Å²) in [5.41, 5.74) is 5.47. The molecule has 0 aromatic carbocycles. The molecule has 0 saturated heterocycles. The van der Waals surface area contributed by atoms with Crippen molar-refractivity contribution in [1.82, 2.24) is 10.2 Å². The number of likely N-dealkylation sites (N-methyl/N-ethyl adjacent to an activating group) is 1. The lowest BCUT2D eigenvalue weighted by Gasteiger charge is -2.35. The number of hydrogen-bond donors (Lipinski definition) is 2. The fraction of sp³-hybridized carbons (Fsp3) is 0.818. The second kappa shape index (κ2) is 9.22. The van der Waals surface area contributed by atoms with E-state index in [2.05, 4.69) is 11.9 Å². The van der Waals surface area contributed by atoms with E-state index in [0.717, 1.165) is 38.1 Å². The van der Waals surface area contributed by atoms with Crippen molar-refractivity contribution in [3.05, 3.63) is 12.7 Å². The molecule has 2 saturated carbocycles. The molecule has 3 aliphatic rings. The molecular weight excluding hydrogens is 336 g/mol. The molecule has 0 aromatic heterocycles. The fourth-order valence-corrected chi connectivity index (χ4v) is 5.46. The molecule has 152 valence electrons. The van der Waals surface area contributed by atoms with E-state index in [9.17, 15) is 4.79 Å². The number of guanidine groups is 1. The monoisotopic (exact) mass is 374 g/mol. The SMILES string of the molecule is C=CCN[C@@H]1CCC[C@@H](C[C@@]2(CCC3CCCCC3)N=C(N)N(C)C2=O)C1. The van der Waals surface area contributed by atoms with Gasteiger partial charge < -0.3 is 11.1 Å². The second-order valence-corrected chi connectivity index (χ2v) is 9.04. The summed E-state index contributed by atoms with van der Waals surface area (Å²) in [6.45, 7) is 4.67. The molecular formula is C22H38N4O. The molecule has 2 fully saturated rings. The highest BCUT2D eigenvalue weighted by atomic mass is 16.2. The highest BCUT2D eigenvalue weighted by Crippen LogP contribution is 2.40. The van der Waals surface area contributed by atoms with E-state index in [1.807, 2.05) is 6.08 Å². The summed E-state index contributed by atoms with van der Waals surface area (Å²) in [5.74, 6) is 1.83. The third-order valence-corrected chi connectivity index (χ3v) is 7.03. The van der Waals surface area contributed by atoms with Crippen molar-refractivity contribution >= 4 is 11.9 Å². The first-order valence-corrected chi connectivity index (χ1v) is 11.0. The first kappa shape index (κ1) is 20.4. The Hall–Kier alpha value is -1.36. The first-order valence-electron chi connectivity index (χ1n) is 11.0. The van der Waals surface area contributed by atoms with E-state index in [4.69, 9.17) is 10.7 Å². The third-order valence-electron chi connectivity index (χ3n) is 7.03. The maximum absolute atomic E-state index is 13.1. The molecule has 3 N–H and O–H groups in total. The molecule has 3 atom stereocenters. The van der Waals surface area contributed by atoms with Crippen molar-refractivity contribution in [1.29, 1.82) is 0 Å². The van der Waals surface area contributed by atoms with Gasteiger partial charge in [-0.1, -0.05) is 51.0 Å². The Morgan fingerprint density at radius 1 is 1.22 bits per heavy atom. The van der Waals surface area contributed by atoms with E-state index in [0.29, 0.717) is 17.9 Å². The molecule has 0 spiro atoms. The van der Waals surface area contributed by atoms with Crippen LogP contribution in [0.2, 0.25) is 0 Å². The average molecular weight is 375 g/mol. The second-order valence-electron chi connectivity index (χ2n) is 9.04. The highest BCUT2D eigenvalue weighted by molar-refractivity contribution is 6.06. The summed E-state index contributed by atoms with van der Waals surface area (Å²) >= 11 is 0. The fourth-order valence-electron chi connectivity index (χ4n) is 5.46. The average Bonchev–Trinajstić information content (AvgIpc) is 2.90. The van der Waals surface area contributed by atoms with Crippen LogP contribution < -0.4 is 11.1 Å². The van der Waals surface area contributed by atoms with Crippen LogP contribution in [0.15, 0.2) is 17.6 Å². The molecule has 1 aliphatic heterocycles. The van der Waals surface area contributed by atoms with Gasteiger partial charge >= 0.3 is 0 Å². The minimum Gasteiger partial charge on any atom is -0.369 e. The van der Waals surface area contributed by atoms with Crippen molar-refractivity contribution in [3.8, 4) is 0 Å². The number of nitrogens with one attached hydrogen (secondary N) is 1. The van der Waals surface area contributed by atoms with E-state index in [1.165, 1.54) is 51.4 Å². The van der Waals surface area contributed by atoms with E-state index in [1.54, 1.807) is 11.9 Å². The Balaban J connectivity index is 1.66. The van der Waals surface area contributed by atoms with Crippen LogP contribution >= 0.6 is 0 Å². The minimum absolute atomic E-state index is 0.122. The summed E-state index contributed by atoms with van der Waals surface area (Å²) in [6, 6.07) is 0.535. The van der Waals surface area contributed by atoms with Gasteiger partial charge in [0.15, 0.2) is 5.96 Å². The Kier molecular flexibility index (Phi) is 6.96. The Morgan fingerprint density at radius 3 is 2.63 bits per heavy atom. The largest absolute Gasteiger partial charge is 0.369 e. The standard InChI is InChI=1S/C22H38N4O/c1-3-14-24-19-11-7-10-18(15-19)16-22(20(27)26(2)21(23)25-22)13-12-17-8-5-4-6-9-17/h3,17-19,24H,1,4-16H2,2H3,(H2,23,25)/t18-,19-,22-/m1/s1. The number of rotatable bonds is 8. The molecule has 1 heterocycles. The van der Waals surface area contributed by atoms with Crippen LogP contribution in [0.1, 0.15) is 77.0 Å². The summed E-state index contributed by atoms with van der Waals surface area (Å²) in [6.07, 6.45) is 16.2. The number of nitrogens with two attached hydrogens (primary N) is 1. The van der Waals surface area contributed by atoms with Crippen LogP contribution in [0, 0.1) is 11.8 Å². The minimum atomic E-state index is -0.610. The zero-order valence-electron chi connectivity index (χ0n) is 17.1. The van der Waals surface area contributed by atoms with Crippen LogP contribution in [-0.2, 0) is 4.79 Å². The summed E-state index contributed by atoms with van der Waals surface area (Å²) < 4.78 is 0. The van der Waals surface area contributed by atoms with Crippen LogP contribution in [0.4, 0.5) is 0 Å². The van der Waals surface area contributed by atoms with Crippen LogP contribution in [0.25, 0.3) is 0 Å². The van der Waals surface area contributed by atoms with Gasteiger partial charge in [0, 0.05) is 19.6 Å². The van der Waals surface area contributed by atoms with Gasteiger partial charge in [0.05, 0.1) is 0 Å². The smallest absolute Gasteiger partial charge is 0.257 e. The van der Waals surface area contributed by atoms with Crippen LogP contribution in [0.5, 0.6) is 0 Å². The number of nitrogens with zero attached hydrogens (tertiary/aromatic N) is 2. The number of amides is 1. The van der Waals surface area contributed by atoms with Crippen molar-refractivity contribution < 1.29 is 4.79 Å².